The van der Waals surface area contributed by atoms with Gasteiger partial charge >= 0.3 is 0 Å². The number of aromatic nitrogens is 2. The molecule has 1 N–H and O–H groups in total. The molecule has 1 aliphatic rings. The molecular weight excluding hydrogens is 292 g/mol. The zero-order chi connectivity index (χ0) is 13.0. The van der Waals surface area contributed by atoms with Gasteiger partial charge in [-0.05, 0) is 68.3 Å². The van der Waals surface area contributed by atoms with E-state index in [1.807, 2.05) is 6.20 Å². The van der Waals surface area contributed by atoms with Crippen LogP contribution in [-0.2, 0) is 13.0 Å². The van der Waals surface area contributed by atoms with E-state index in [4.69, 9.17) is 0 Å². The number of piperidine rings is 1. The molecule has 0 radical (unpaired) electrons. The number of likely N-dealkylation sites (N-methyl/N-ethyl adjacent to an activating group) is 1. The van der Waals surface area contributed by atoms with Crippen LogP contribution in [0.1, 0.15) is 18.5 Å². The molecule has 4 nitrogen and oxygen atoms in total. The van der Waals surface area contributed by atoms with E-state index in [0.717, 1.165) is 36.4 Å². The molecular formula is C13H23BrN4. The lowest BCUT2D eigenvalue weighted by Gasteiger charge is -2.23. The Kier molecular flexibility index (Phi) is 5.21. The second-order valence-electron chi connectivity index (χ2n) is 5.38. The van der Waals surface area contributed by atoms with Gasteiger partial charge in [-0.25, -0.2) is 0 Å². The van der Waals surface area contributed by atoms with Crippen LogP contribution in [0.25, 0.3) is 0 Å². The van der Waals surface area contributed by atoms with Gasteiger partial charge in [0.15, 0.2) is 0 Å². The molecule has 1 aromatic rings. The van der Waals surface area contributed by atoms with Crippen LogP contribution >= 0.6 is 15.9 Å². The van der Waals surface area contributed by atoms with Crippen molar-refractivity contribution in [1.29, 1.82) is 0 Å². The fourth-order valence-corrected chi connectivity index (χ4v) is 2.91. The van der Waals surface area contributed by atoms with Gasteiger partial charge in [0.1, 0.15) is 0 Å². The molecule has 0 amide bonds. The van der Waals surface area contributed by atoms with Crippen molar-refractivity contribution in [2.45, 2.75) is 25.8 Å². The maximum atomic E-state index is 4.48. The highest BCUT2D eigenvalue weighted by atomic mass is 79.9. The van der Waals surface area contributed by atoms with Crippen LogP contribution in [0.15, 0.2) is 10.7 Å². The van der Waals surface area contributed by atoms with Gasteiger partial charge in [0, 0.05) is 6.54 Å². The SMILES string of the molecule is CN(C)CCn1ncc(Br)c1CC1CCCNC1. The van der Waals surface area contributed by atoms with Crippen LogP contribution in [0.3, 0.4) is 0 Å². The van der Waals surface area contributed by atoms with Crippen molar-refractivity contribution in [2.24, 2.45) is 5.92 Å². The summed E-state index contributed by atoms with van der Waals surface area (Å²) in [5, 5.41) is 7.96. The monoisotopic (exact) mass is 314 g/mol. The third kappa shape index (κ3) is 3.80. The lowest BCUT2D eigenvalue weighted by molar-refractivity contribution is 0.348. The standard InChI is InChI=1S/C13H23BrN4/c1-17(2)6-7-18-13(12(14)10-16-18)8-11-4-3-5-15-9-11/h10-11,15H,3-9H2,1-2H3. The largest absolute Gasteiger partial charge is 0.316 e. The fourth-order valence-electron chi connectivity index (χ4n) is 2.45. The van der Waals surface area contributed by atoms with Crippen molar-refractivity contribution in [2.75, 3.05) is 33.7 Å². The Balaban J connectivity index is 1.99. The second-order valence-corrected chi connectivity index (χ2v) is 6.24. The first-order valence-electron chi connectivity index (χ1n) is 6.72. The molecule has 5 heteroatoms. The Bertz CT molecular complexity index is 369. The van der Waals surface area contributed by atoms with E-state index >= 15 is 0 Å². The molecule has 0 spiro atoms. The van der Waals surface area contributed by atoms with Crippen LogP contribution in [0, 0.1) is 5.92 Å². The number of hydrogen-bond donors (Lipinski definition) is 1. The molecule has 1 fully saturated rings. The van der Waals surface area contributed by atoms with E-state index in [-0.39, 0.29) is 0 Å². The Labute approximate surface area is 118 Å². The fraction of sp³-hybridized carbons (Fsp3) is 0.769. The maximum Gasteiger partial charge on any atom is 0.0635 e. The van der Waals surface area contributed by atoms with Crippen molar-refractivity contribution in [3.05, 3.63) is 16.4 Å². The van der Waals surface area contributed by atoms with Gasteiger partial charge in [0.2, 0.25) is 0 Å². The maximum absolute atomic E-state index is 4.48. The summed E-state index contributed by atoms with van der Waals surface area (Å²) in [6.07, 6.45) is 5.69. The quantitative estimate of drug-likeness (QED) is 0.899. The first kappa shape index (κ1) is 14.0. The Morgan fingerprint density at radius 3 is 3.06 bits per heavy atom. The minimum Gasteiger partial charge on any atom is -0.316 e. The van der Waals surface area contributed by atoms with Gasteiger partial charge < -0.3 is 10.2 Å². The lowest BCUT2D eigenvalue weighted by Crippen LogP contribution is -2.31. The molecule has 0 saturated carbocycles. The van der Waals surface area contributed by atoms with Crippen LogP contribution in [0.2, 0.25) is 0 Å². The molecule has 1 aliphatic heterocycles. The van der Waals surface area contributed by atoms with Gasteiger partial charge in [0.05, 0.1) is 22.9 Å². The van der Waals surface area contributed by atoms with Crippen LogP contribution in [-0.4, -0.2) is 48.4 Å². The number of halogens is 1. The average Bonchev–Trinajstić information content (AvgIpc) is 2.70. The zero-order valence-electron chi connectivity index (χ0n) is 11.3. The molecule has 18 heavy (non-hydrogen) atoms. The minimum atomic E-state index is 0.754. The normalized spacial score (nSPS) is 20.6. The first-order valence-corrected chi connectivity index (χ1v) is 7.51. The summed E-state index contributed by atoms with van der Waals surface area (Å²) in [5.74, 6) is 0.754. The van der Waals surface area contributed by atoms with Gasteiger partial charge in [-0.2, -0.15) is 5.10 Å². The predicted molar refractivity (Wildman–Crippen MR) is 77.8 cm³/mol. The topological polar surface area (TPSA) is 33.1 Å². The summed E-state index contributed by atoms with van der Waals surface area (Å²) in [6, 6.07) is 0. The highest BCUT2D eigenvalue weighted by Gasteiger charge is 2.18. The molecule has 2 rings (SSSR count). The third-order valence-electron chi connectivity index (χ3n) is 3.54. The second kappa shape index (κ2) is 6.68. The molecule has 2 heterocycles. The van der Waals surface area contributed by atoms with E-state index in [9.17, 15) is 0 Å². The van der Waals surface area contributed by atoms with E-state index in [1.54, 1.807) is 0 Å². The van der Waals surface area contributed by atoms with Gasteiger partial charge in [-0.1, -0.05) is 0 Å². The summed E-state index contributed by atoms with van der Waals surface area (Å²) in [5.41, 5.74) is 1.35. The van der Waals surface area contributed by atoms with E-state index in [0.29, 0.717) is 0 Å². The Morgan fingerprint density at radius 1 is 1.56 bits per heavy atom. The highest BCUT2D eigenvalue weighted by molar-refractivity contribution is 9.10. The number of nitrogens with zero attached hydrogens (tertiary/aromatic N) is 3. The Hall–Kier alpha value is -0.390. The van der Waals surface area contributed by atoms with Crippen LogP contribution < -0.4 is 5.32 Å². The molecule has 0 aromatic carbocycles. The lowest BCUT2D eigenvalue weighted by atomic mass is 9.95. The number of nitrogens with one attached hydrogen (secondary N) is 1. The van der Waals surface area contributed by atoms with Crippen molar-refractivity contribution in [1.82, 2.24) is 20.0 Å². The van der Waals surface area contributed by atoms with Crippen molar-refractivity contribution < 1.29 is 0 Å². The molecule has 102 valence electrons. The molecule has 0 bridgehead atoms. The van der Waals surface area contributed by atoms with Gasteiger partial charge in [0.25, 0.3) is 0 Å². The summed E-state index contributed by atoms with van der Waals surface area (Å²) in [4.78, 5) is 2.20. The predicted octanol–water partition coefficient (Wildman–Crippen LogP) is 1.75. The molecule has 1 atom stereocenters. The molecule has 1 aromatic heterocycles. The zero-order valence-corrected chi connectivity index (χ0v) is 12.9. The number of hydrogen-bond acceptors (Lipinski definition) is 3. The average molecular weight is 315 g/mol. The smallest absolute Gasteiger partial charge is 0.0635 e. The molecule has 1 saturated heterocycles. The molecule has 0 aliphatic carbocycles. The van der Waals surface area contributed by atoms with Gasteiger partial charge in [-0.3, -0.25) is 4.68 Å². The van der Waals surface area contributed by atoms with Crippen LogP contribution in [0.4, 0.5) is 0 Å². The van der Waals surface area contributed by atoms with E-state index in [2.05, 4.69) is 50.0 Å². The minimum absolute atomic E-state index is 0.754. The van der Waals surface area contributed by atoms with Crippen molar-refractivity contribution in [3.63, 3.8) is 0 Å². The van der Waals surface area contributed by atoms with Crippen LogP contribution in [0.5, 0.6) is 0 Å². The summed E-state index contributed by atoms with van der Waals surface area (Å²) >= 11 is 3.63. The summed E-state index contributed by atoms with van der Waals surface area (Å²) < 4.78 is 3.31. The van der Waals surface area contributed by atoms with E-state index < -0.39 is 0 Å². The summed E-state index contributed by atoms with van der Waals surface area (Å²) in [6.45, 7) is 4.32. The van der Waals surface area contributed by atoms with Crippen molar-refractivity contribution >= 4 is 15.9 Å². The van der Waals surface area contributed by atoms with E-state index in [1.165, 1.54) is 25.1 Å². The van der Waals surface area contributed by atoms with Crippen molar-refractivity contribution in [3.8, 4) is 0 Å². The Morgan fingerprint density at radius 2 is 2.39 bits per heavy atom. The summed E-state index contributed by atoms with van der Waals surface area (Å²) in [7, 11) is 4.20. The third-order valence-corrected chi connectivity index (χ3v) is 4.20. The number of rotatable bonds is 5. The first-order chi connectivity index (χ1) is 8.66. The molecule has 1 unspecified atom stereocenters. The highest BCUT2D eigenvalue weighted by Crippen LogP contribution is 2.22. The van der Waals surface area contributed by atoms with Gasteiger partial charge in [-0.15, -0.1) is 0 Å².